The zero-order chi connectivity index (χ0) is 25.0. The van der Waals surface area contributed by atoms with Gasteiger partial charge in [-0.3, -0.25) is 9.59 Å². The van der Waals surface area contributed by atoms with Crippen molar-refractivity contribution in [2.45, 2.75) is 129 Å². The van der Waals surface area contributed by atoms with E-state index in [0.717, 1.165) is 19.3 Å². The van der Waals surface area contributed by atoms with E-state index in [0.29, 0.717) is 39.3 Å². The Morgan fingerprint density at radius 1 is 0.412 bits per heavy atom. The summed E-state index contributed by atoms with van der Waals surface area (Å²) in [4.78, 5) is 22.9. The molecule has 0 atom stereocenters. The number of rotatable bonds is 27. The molecule has 0 saturated carbocycles. The molecule has 6 heteroatoms. The highest BCUT2D eigenvalue weighted by Gasteiger charge is 2.03. The molecule has 0 amide bonds. The molecule has 6 nitrogen and oxygen atoms in total. The quantitative estimate of drug-likeness (QED) is 0.0905. The molecule has 34 heavy (non-hydrogen) atoms. The molecule has 0 N–H and O–H groups in total. The van der Waals surface area contributed by atoms with Gasteiger partial charge in [-0.25, -0.2) is 0 Å². The predicted octanol–water partition coefficient (Wildman–Crippen LogP) is 7.17. The van der Waals surface area contributed by atoms with Crippen molar-refractivity contribution in [3.05, 3.63) is 0 Å². The highest BCUT2D eigenvalue weighted by molar-refractivity contribution is 5.69. The summed E-state index contributed by atoms with van der Waals surface area (Å²) >= 11 is 0. The van der Waals surface area contributed by atoms with E-state index in [1.807, 2.05) is 6.92 Å². The average Bonchev–Trinajstić information content (AvgIpc) is 2.83. The molecular weight excluding hydrogens is 432 g/mol. The predicted molar refractivity (Wildman–Crippen MR) is 138 cm³/mol. The van der Waals surface area contributed by atoms with Gasteiger partial charge in [-0.1, -0.05) is 104 Å². The zero-order valence-electron chi connectivity index (χ0n) is 22.4. The van der Waals surface area contributed by atoms with Gasteiger partial charge in [-0.05, 0) is 12.8 Å². The van der Waals surface area contributed by atoms with Crippen molar-refractivity contribution in [1.29, 1.82) is 0 Å². The van der Waals surface area contributed by atoms with Crippen molar-refractivity contribution in [2.75, 3.05) is 39.6 Å². The van der Waals surface area contributed by atoms with E-state index < -0.39 is 0 Å². The topological polar surface area (TPSA) is 71.1 Å². The van der Waals surface area contributed by atoms with Crippen LogP contribution in [0.2, 0.25) is 0 Å². The third-order valence-electron chi connectivity index (χ3n) is 5.79. The molecule has 0 aromatic heterocycles. The number of carbonyl (C=O) groups is 2. The Morgan fingerprint density at radius 3 is 1.18 bits per heavy atom. The number of esters is 2. The van der Waals surface area contributed by atoms with Crippen LogP contribution >= 0.6 is 0 Å². The molecule has 0 rings (SSSR count). The van der Waals surface area contributed by atoms with Crippen molar-refractivity contribution >= 4 is 11.9 Å². The zero-order valence-corrected chi connectivity index (χ0v) is 22.4. The summed E-state index contributed by atoms with van der Waals surface area (Å²) < 4.78 is 20.9. The summed E-state index contributed by atoms with van der Waals surface area (Å²) in [5.41, 5.74) is 0. The molecule has 0 aliphatic rings. The van der Waals surface area contributed by atoms with E-state index in [4.69, 9.17) is 18.9 Å². The molecule has 0 saturated heterocycles. The first-order chi connectivity index (χ1) is 16.7. The Kier molecular flexibility index (Phi) is 27.2. The van der Waals surface area contributed by atoms with Gasteiger partial charge in [-0.15, -0.1) is 0 Å². The number of unbranched alkanes of at least 4 members (excludes halogenated alkanes) is 14. The van der Waals surface area contributed by atoms with Crippen LogP contribution in [-0.2, 0) is 28.5 Å². The number of hydrogen-bond donors (Lipinski definition) is 0. The van der Waals surface area contributed by atoms with Crippen LogP contribution in [0.25, 0.3) is 0 Å². The molecule has 0 aromatic carbocycles. The minimum absolute atomic E-state index is 0.136. The van der Waals surface area contributed by atoms with Gasteiger partial charge >= 0.3 is 11.9 Å². The van der Waals surface area contributed by atoms with Gasteiger partial charge in [0, 0.05) is 12.8 Å². The van der Waals surface area contributed by atoms with Crippen LogP contribution in [-0.4, -0.2) is 51.6 Å². The third kappa shape index (κ3) is 27.1. The number of ether oxygens (including phenoxy) is 4. The van der Waals surface area contributed by atoms with Crippen LogP contribution in [0.4, 0.5) is 0 Å². The van der Waals surface area contributed by atoms with Crippen LogP contribution in [0.3, 0.4) is 0 Å². The second-order valence-corrected chi connectivity index (χ2v) is 9.12. The molecule has 0 spiro atoms. The summed E-state index contributed by atoms with van der Waals surface area (Å²) in [7, 11) is 0. The summed E-state index contributed by atoms with van der Waals surface area (Å²) in [5, 5.41) is 0. The van der Waals surface area contributed by atoms with Crippen LogP contribution in [0.5, 0.6) is 0 Å². The van der Waals surface area contributed by atoms with Crippen molar-refractivity contribution in [3.63, 3.8) is 0 Å². The van der Waals surface area contributed by atoms with E-state index >= 15 is 0 Å². The van der Waals surface area contributed by atoms with Crippen molar-refractivity contribution in [1.82, 2.24) is 0 Å². The summed E-state index contributed by atoms with van der Waals surface area (Å²) in [6.07, 6.45) is 21.5. The van der Waals surface area contributed by atoms with Crippen molar-refractivity contribution in [3.8, 4) is 0 Å². The Morgan fingerprint density at radius 2 is 0.765 bits per heavy atom. The molecule has 0 heterocycles. The largest absolute Gasteiger partial charge is 0.463 e. The lowest BCUT2D eigenvalue weighted by atomic mass is 10.0. The monoisotopic (exact) mass is 486 g/mol. The maximum atomic E-state index is 11.7. The highest BCUT2D eigenvalue weighted by atomic mass is 16.6. The van der Waals surface area contributed by atoms with Crippen molar-refractivity contribution in [2.24, 2.45) is 0 Å². The van der Waals surface area contributed by atoms with Gasteiger partial charge in [0.15, 0.2) is 0 Å². The van der Waals surface area contributed by atoms with Gasteiger partial charge < -0.3 is 18.9 Å². The molecule has 0 unspecified atom stereocenters. The minimum Gasteiger partial charge on any atom is -0.463 e. The number of hydrogen-bond acceptors (Lipinski definition) is 6. The Bertz CT molecular complexity index is 441. The Hall–Kier alpha value is -1.14. The van der Waals surface area contributed by atoms with Crippen LogP contribution in [0.15, 0.2) is 0 Å². The van der Waals surface area contributed by atoms with Gasteiger partial charge in [0.25, 0.3) is 0 Å². The average molecular weight is 487 g/mol. The maximum Gasteiger partial charge on any atom is 0.305 e. The first-order valence-corrected chi connectivity index (χ1v) is 14.2. The van der Waals surface area contributed by atoms with E-state index in [1.54, 1.807) is 0 Å². The molecule has 0 fully saturated rings. The number of carbonyl (C=O) groups excluding carboxylic acids is 2. The highest BCUT2D eigenvalue weighted by Crippen LogP contribution is 2.13. The van der Waals surface area contributed by atoms with Gasteiger partial charge in [0.2, 0.25) is 0 Å². The molecule has 0 aliphatic heterocycles. The minimum atomic E-state index is -0.187. The lowest BCUT2D eigenvalue weighted by Gasteiger charge is -2.07. The smallest absolute Gasteiger partial charge is 0.305 e. The fourth-order valence-corrected chi connectivity index (χ4v) is 3.74. The normalized spacial score (nSPS) is 11.0. The van der Waals surface area contributed by atoms with Gasteiger partial charge in [-0.2, -0.15) is 0 Å². The Balaban J connectivity index is 3.18. The molecule has 0 radical (unpaired) electrons. The maximum absolute atomic E-state index is 11.7. The first-order valence-electron chi connectivity index (χ1n) is 14.2. The Labute approximate surface area is 209 Å². The lowest BCUT2D eigenvalue weighted by molar-refractivity contribution is -0.147. The lowest BCUT2D eigenvalue weighted by Crippen LogP contribution is -2.14. The van der Waals surface area contributed by atoms with Gasteiger partial charge in [0.1, 0.15) is 13.2 Å². The SMILES string of the molecule is CCCCCCCCCCCCCCCCCC(=O)OCCOCCOCCOC(=O)CCC. The van der Waals surface area contributed by atoms with Crippen LogP contribution in [0, 0.1) is 0 Å². The summed E-state index contributed by atoms with van der Waals surface area (Å²) in [5.74, 6) is -0.322. The molecular formula is C28H54O6. The van der Waals surface area contributed by atoms with Crippen molar-refractivity contribution < 1.29 is 28.5 Å². The van der Waals surface area contributed by atoms with E-state index in [-0.39, 0.29) is 25.2 Å². The third-order valence-corrected chi connectivity index (χ3v) is 5.79. The summed E-state index contributed by atoms with van der Waals surface area (Å²) in [6, 6.07) is 0. The fourth-order valence-electron chi connectivity index (χ4n) is 3.74. The second-order valence-electron chi connectivity index (χ2n) is 9.12. The first kappa shape index (κ1) is 32.9. The molecule has 0 aromatic rings. The van der Waals surface area contributed by atoms with Crippen LogP contribution < -0.4 is 0 Å². The van der Waals surface area contributed by atoms with E-state index in [1.165, 1.54) is 83.5 Å². The molecule has 0 bridgehead atoms. The van der Waals surface area contributed by atoms with E-state index in [2.05, 4.69) is 6.92 Å². The standard InChI is InChI=1S/C28H54O6/c1-3-5-6-7-8-9-10-11-12-13-14-15-16-17-18-20-28(30)34-26-24-32-22-21-31-23-25-33-27(29)19-4-2/h3-26H2,1-2H3. The van der Waals surface area contributed by atoms with Gasteiger partial charge in [0.05, 0.1) is 26.4 Å². The molecule has 202 valence electrons. The molecule has 0 aliphatic carbocycles. The second kappa shape index (κ2) is 28.1. The fraction of sp³-hybridized carbons (Fsp3) is 0.929. The van der Waals surface area contributed by atoms with Crippen LogP contribution in [0.1, 0.15) is 129 Å². The summed E-state index contributed by atoms with van der Waals surface area (Å²) in [6.45, 7) is 6.37. The van der Waals surface area contributed by atoms with E-state index in [9.17, 15) is 9.59 Å².